The summed E-state index contributed by atoms with van der Waals surface area (Å²) < 4.78 is 8.12. The Morgan fingerprint density at radius 2 is 1.59 bits per heavy atom. The van der Waals surface area contributed by atoms with Crippen molar-refractivity contribution in [3.63, 3.8) is 0 Å². The predicted molar refractivity (Wildman–Crippen MR) is 122 cm³/mol. The molecule has 1 saturated heterocycles. The largest absolute Gasteiger partial charge is 0.445 e. The second-order valence-corrected chi connectivity index (χ2v) is 7.72. The van der Waals surface area contributed by atoms with Crippen molar-refractivity contribution in [2.75, 3.05) is 31.1 Å². The maximum atomic E-state index is 12.9. The lowest BCUT2D eigenvalue weighted by Crippen LogP contribution is -2.42. The molecule has 4 rings (SSSR count). The van der Waals surface area contributed by atoms with E-state index in [-0.39, 0.29) is 18.3 Å². The van der Waals surface area contributed by atoms with E-state index < -0.39 is 5.69 Å². The highest BCUT2D eigenvalue weighted by Crippen LogP contribution is 2.18. The third-order valence-corrected chi connectivity index (χ3v) is 5.59. The van der Waals surface area contributed by atoms with Gasteiger partial charge in [-0.3, -0.25) is 9.36 Å². The standard InChI is InChI=1S/C24H26N4O4/c1-25-22(29)17-21(28(23(25)30)20-11-6-3-7-12-20)26-13-8-14-27(16-15-26)24(31)32-18-19-9-4-2-5-10-19/h2-7,9-12,17H,8,13-16,18H2,1H3. The van der Waals surface area contributed by atoms with Crippen LogP contribution >= 0.6 is 0 Å². The maximum absolute atomic E-state index is 12.9. The molecule has 166 valence electrons. The summed E-state index contributed by atoms with van der Waals surface area (Å²) in [7, 11) is 1.47. The van der Waals surface area contributed by atoms with E-state index in [1.807, 2.05) is 65.6 Å². The van der Waals surface area contributed by atoms with Gasteiger partial charge in [0.05, 0.1) is 5.69 Å². The van der Waals surface area contributed by atoms with Gasteiger partial charge in [0.15, 0.2) is 0 Å². The molecular formula is C24H26N4O4. The van der Waals surface area contributed by atoms with E-state index in [1.54, 1.807) is 9.47 Å². The average molecular weight is 434 g/mol. The van der Waals surface area contributed by atoms with E-state index in [4.69, 9.17) is 4.74 Å². The average Bonchev–Trinajstić information content (AvgIpc) is 3.08. The van der Waals surface area contributed by atoms with Gasteiger partial charge in [0.1, 0.15) is 12.4 Å². The zero-order valence-corrected chi connectivity index (χ0v) is 18.0. The molecule has 0 radical (unpaired) electrons. The number of rotatable bonds is 4. The maximum Gasteiger partial charge on any atom is 0.410 e. The van der Waals surface area contributed by atoms with E-state index >= 15 is 0 Å². The highest BCUT2D eigenvalue weighted by atomic mass is 16.6. The third-order valence-electron chi connectivity index (χ3n) is 5.59. The fourth-order valence-corrected chi connectivity index (χ4v) is 3.81. The van der Waals surface area contributed by atoms with Gasteiger partial charge in [0.25, 0.3) is 5.56 Å². The summed E-state index contributed by atoms with van der Waals surface area (Å²) in [4.78, 5) is 41.6. The van der Waals surface area contributed by atoms with Crippen LogP contribution in [0.3, 0.4) is 0 Å². The molecule has 0 spiro atoms. The van der Waals surface area contributed by atoms with Crippen LogP contribution in [0.25, 0.3) is 5.69 Å². The van der Waals surface area contributed by atoms with Crippen molar-refractivity contribution in [3.8, 4) is 5.69 Å². The van der Waals surface area contributed by atoms with Crippen LogP contribution in [0.15, 0.2) is 76.3 Å². The van der Waals surface area contributed by atoms with Gasteiger partial charge >= 0.3 is 11.8 Å². The van der Waals surface area contributed by atoms with Gasteiger partial charge in [-0.2, -0.15) is 0 Å². The Kier molecular flexibility index (Phi) is 6.39. The van der Waals surface area contributed by atoms with Gasteiger partial charge in [-0.05, 0) is 24.1 Å². The molecule has 2 heterocycles. The highest BCUT2D eigenvalue weighted by Gasteiger charge is 2.23. The molecule has 0 saturated carbocycles. The summed E-state index contributed by atoms with van der Waals surface area (Å²) >= 11 is 0. The summed E-state index contributed by atoms with van der Waals surface area (Å²) in [6.45, 7) is 2.31. The van der Waals surface area contributed by atoms with Crippen molar-refractivity contribution < 1.29 is 9.53 Å². The fraction of sp³-hybridized carbons (Fsp3) is 0.292. The van der Waals surface area contributed by atoms with Crippen molar-refractivity contribution in [1.29, 1.82) is 0 Å². The van der Waals surface area contributed by atoms with E-state index in [1.165, 1.54) is 13.1 Å². The minimum atomic E-state index is -0.401. The number of para-hydroxylation sites is 1. The zero-order valence-electron chi connectivity index (χ0n) is 18.0. The smallest absolute Gasteiger partial charge is 0.410 e. The Morgan fingerprint density at radius 1 is 0.906 bits per heavy atom. The second-order valence-electron chi connectivity index (χ2n) is 7.72. The Hall–Kier alpha value is -3.81. The van der Waals surface area contributed by atoms with Gasteiger partial charge in [0.2, 0.25) is 0 Å². The lowest BCUT2D eigenvalue weighted by atomic mass is 10.2. The van der Waals surface area contributed by atoms with Crippen molar-refractivity contribution in [2.24, 2.45) is 7.05 Å². The Morgan fingerprint density at radius 3 is 2.31 bits per heavy atom. The molecule has 2 aromatic carbocycles. The SMILES string of the molecule is Cn1c(=O)cc(N2CCCN(C(=O)OCc3ccccc3)CC2)n(-c2ccccc2)c1=O. The number of nitrogens with zero attached hydrogens (tertiary/aromatic N) is 4. The summed E-state index contributed by atoms with van der Waals surface area (Å²) in [6, 6.07) is 20.3. The number of carbonyl (C=O) groups excluding carboxylic acids is 1. The lowest BCUT2D eigenvalue weighted by Gasteiger charge is -2.26. The molecule has 1 fully saturated rings. The molecule has 1 aliphatic rings. The van der Waals surface area contributed by atoms with Crippen LogP contribution in [0, 0.1) is 0 Å². The molecule has 8 heteroatoms. The molecule has 8 nitrogen and oxygen atoms in total. The molecular weight excluding hydrogens is 408 g/mol. The van der Waals surface area contributed by atoms with Crippen molar-refractivity contribution in [2.45, 2.75) is 13.0 Å². The van der Waals surface area contributed by atoms with E-state index in [0.717, 1.165) is 10.1 Å². The quantitative estimate of drug-likeness (QED) is 0.630. The van der Waals surface area contributed by atoms with Crippen molar-refractivity contribution in [1.82, 2.24) is 14.0 Å². The second kappa shape index (κ2) is 9.55. The predicted octanol–water partition coefficient (Wildman–Crippen LogP) is 2.39. The van der Waals surface area contributed by atoms with Gasteiger partial charge in [-0.1, -0.05) is 48.5 Å². The molecule has 0 bridgehead atoms. The minimum Gasteiger partial charge on any atom is -0.445 e. The topological polar surface area (TPSA) is 76.8 Å². The van der Waals surface area contributed by atoms with Gasteiger partial charge < -0.3 is 14.5 Å². The number of amides is 1. The van der Waals surface area contributed by atoms with Gasteiger partial charge in [-0.15, -0.1) is 0 Å². The number of ether oxygens (including phenoxy) is 1. The number of aromatic nitrogens is 2. The Labute approximate surface area is 185 Å². The van der Waals surface area contributed by atoms with Crippen LogP contribution in [0.4, 0.5) is 10.6 Å². The molecule has 0 atom stereocenters. The number of hydrogen-bond donors (Lipinski definition) is 0. The van der Waals surface area contributed by atoms with Crippen LogP contribution < -0.4 is 16.1 Å². The fourth-order valence-electron chi connectivity index (χ4n) is 3.81. The van der Waals surface area contributed by atoms with Crippen LogP contribution in [0.2, 0.25) is 0 Å². The van der Waals surface area contributed by atoms with Crippen LogP contribution in [-0.2, 0) is 18.4 Å². The summed E-state index contributed by atoms with van der Waals surface area (Å²) in [5.74, 6) is 0.531. The number of anilines is 1. The first-order valence-corrected chi connectivity index (χ1v) is 10.6. The van der Waals surface area contributed by atoms with E-state index in [0.29, 0.717) is 44.1 Å². The van der Waals surface area contributed by atoms with Crippen molar-refractivity contribution >= 4 is 11.9 Å². The Bertz CT molecular complexity index is 1190. The van der Waals surface area contributed by atoms with Crippen molar-refractivity contribution in [3.05, 3.63) is 93.1 Å². The molecule has 3 aromatic rings. The molecule has 1 amide bonds. The van der Waals surface area contributed by atoms with Crippen LogP contribution in [0.1, 0.15) is 12.0 Å². The number of carbonyl (C=O) groups is 1. The first-order chi connectivity index (χ1) is 15.5. The first-order valence-electron chi connectivity index (χ1n) is 10.6. The van der Waals surface area contributed by atoms with E-state index in [9.17, 15) is 14.4 Å². The molecule has 0 aliphatic carbocycles. The van der Waals surface area contributed by atoms with E-state index in [2.05, 4.69) is 0 Å². The third kappa shape index (κ3) is 4.59. The molecule has 0 N–H and O–H groups in total. The monoisotopic (exact) mass is 434 g/mol. The van der Waals surface area contributed by atoms with Crippen LogP contribution in [0.5, 0.6) is 0 Å². The van der Waals surface area contributed by atoms with Crippen LogP contribution in [-0.4, -0.2) is 46.3 Å². The number of benzene rings is 2. The molecule has 1 aliphatic heterocycles. The normalized spacial score (nSPS) is 14.2. The molecule has 32 heavy (non-hydrogen) atoms. The minimum absolute atomic E-state index is 0.224. The van der Waals surface area contributed by atoms with Gasteiger partial charge in [-0.25, -0.2) is 14.2 Å². The van der Waals surface area contributed by atoms with Gasteiger partial charge in [0, 0.05) is 39.3 Å². The lowest BCUT2D eigenvalue weighted by molar-refractivity contribution is 0.0986. The number of hydrogen-bond acceptors (Lipinski definition) is 5. The molecule has 1 aromatic heterocycles. The molecule has 0 unspecified atom stereocenters. The summed E-state index contributed by atoms with van der Waals surface area (Å²) in [5, 5.41) is 0. The first kappa shape index (κ1) is 21.4. The summed E-state index contributed by atoms with van der Waals surface area (Å²) in [5.41, 5.74) is 0.860. The summed E-state index contributed by atoms with van der Waals surface area (Å²) in [6.07, 6.45) is 0.332. The Balaban J connectivity index is 1.53. The zero-order chi connectivity index (χ0) is 22.5. The highest BCUT2D eigenvalue weighted by molar-refractivity contribution is 5.67.